The maximum Gasteiger partial charge on any atom is 0.263 e. The van der Waals surface area contributed by atoms with Gasteiger partial charge in [0.2, 0.25) is 20.0 Å². The van der Waals surface area contributed by atoms with E-state index in [0.717, 1.165) is 20.4 Å². The number of carbonyl (C=O) groups is 1. The predicted molar refractivity (Wildman–Crippen MR) is 121 cm³/mol. The second-order valence-electron chi connectivity index (χ2n) is 7.98. The standard InChI is InChI=1S/C21H26FN3O7S2/c1-14-4-5-17(22)12-16(14)13-32-18-6-8-19(9-7-18)34(30,31)25-11-10-24(33(3,28)29)15(2)20(25)21(26)23-27/h4-9,12,15,20,27H,10-11,13H2,1-3H3,(H,23,26). The van der Waals surface area contributed by atoms with E-state index in [9.17, 15) is 26.0 Å². The molecular weight excluding hydrogens is 489 g/mol. The van der Waals surface area contributed by atoms with Crippen LogP contribution in [-0.4, -0.2) is 68.0 Å². The maximum atomic E-state index is 13.5. The normalized spacial score (nSPS) is 20.1. The molecule has 0 radical (unpaired) electrons. The van der Waals surface area contributed by atoms with Gasteiger partial charge in [-0.25, -0.2) is 26.7 Å². The molecule has 1 saturated heterocycles. The van der Waals surface area contributed by atoms with Gasteiger partial charge in [0.15, 0.2) is 0 Å². The Morgan fingerprint density at radius 1 is 1.12 bits per heavy atom. The van der Waals surface area contributed by atoms with Crippen LogP contribution in [0.25, 0.3) is 0 Å². The summed E-state index contributed by atoms with van der Waals surface area (Å²) < 4.78 is 71.7. The molecule has 0 aliphatic carbocycles. The van der Waals surface area contributed by atoms with Gasteiger partial charge in [-0.3, -0.25) is 10.0 Å². The van der Waals surface area contributed by atoms with Gasteiger partial charge in [0.05, 0.1) is 11.2 Å². The highest BCUT2D eigenvalue weighted by molar-refractivity contribution is 7.89. The van der Waals surface area contributed by atoms with Crippen molar-refractivity contribution in [2.24, 2.45) is 0 Å². The largest absolute Gasteiger partial charge is 0.489 e. The van der Waals surface area contributed by atoms with Crippen LogP contribution in [0.5, 0.6) is 5.75 Å². The van der Waals surface area contributed by atoms with E-state index in [1.54, 1.807) is 6.07 Å². The number of rotatable bonds is 7. The maximum absolute atomic E-state index is 13.5. The average Bonchev–Trinajstić information content (AvgIpc) is 2.78. The van der Waals surface area contributed by atoms with Gasteiger partial charge < -0.3 is 4.74 Å². The topological polar surface area (TPSA) is 133 Å². The highest BCUT2D eigenvalue weighted by Crippen LogP contribution is 2.28. The van der Waals surface area contributed by atoms with Gasteiger partial charge in [0.25, 0.3) is 5.91 Å². The summed E-state index contributed by atoms with van der Waals surface area (Å²) in [5.41, 5.74) is 2.92. The number of nitrogens with one attached hydrogen (secondary N) is 1. The smallest absolute Gasteiger partial charge is 0.263 e. The zero-order valence-corrected chi connectivity index (χ0v) is 20.4. The summed E-state index contributed by atoms with van der Waals surface area (Å²) in [5, 5.41) is 9.14. The summed E-state index contributed by atoms with van der Waals surface area (Å²) in [6, 6.07) is 7.25. The van der Waals surface area contributed by atoms with Crippen molar-refractivity contribution in [3.05, 3.63) is 59.4 Å². The Kier molecular flexibility index (Phi) is 7.62. The zero-order valence-electron chi connectivity index (χ0n) is 18.8. The number of ether oxygens (including phenoxy) is 1. The third-order valence-electron chi connectivity index (χ3n) is 5.70. The SMILES string of the molecule is Cc1ccc(F)cc1COc1ccc(S(=O)(=O)N2CCN(S(C)(=O)=O)C(C)C2C(=O)NO)cc1. The zero-order chi connectivity index (χ0) is 25.3. The fourth-order valence-corrected chi connectivity index (χ4v) is 6.67. The number of hydrogen-bond donors (Lipinski definition) is 2. The molecule has 2 N–H and O–H groups in total. The molecule has 2 aromatic carbocycles. The van der Waals surface area contributed by atoms with Crippen molar-refractivity contribution < 1.29 is 36.0 Å². The number of aryl methyl sites for hydroxylation is 1. The van der Waals surface area contributed by atoms with Crippen LogP contribution >= 0.6 is 0 Å². The number of piperazine rings is 1. The second kappa shape index (κ2) is 9.96. The van der Waals surface area contributed by atoms with Gasteiger partial charge in [-0.15, -0.1) is 0 Å². The first-order chi connectivity index (χ1) is 15.9. The highest BCUT2D eigenvalue weighted by Gasteiger charge is 2.47. The van der Waals surface area contributed by atoms with Gasteiger partial charge >= 0.3 is 0 Å². The molecule has 1 aliphatic heterocycles. The van der Waals surface area contributed by atoms with Crippen LogP contribution in [0.1, 0.15) is 18.1 Å². The molecule has 0 saturated carbocycles. The first-order valence-corrected chi connectivity index (χ1v) is 13.6. The number of benzene rings is 2. The fraction of sp³-hybridized carbons (Fsp3) is 0.381. The lowest BCUT2D eigenvalue weighted by atomic mass is 10.1. The number of hydrogen-bond acceptors (Lipinski definition) is 7. The summed E-state index contributed by atoms with van der Waals surface area (Å²) >= 11 is 0. The summed E-state index contributed by atoms with van der Waals surface area (Å²) in [5.74, 6) is -1.09. The number of carbonyl (C=O) groups excluding carboxylic acids is 1. The van der Waals surface area contributed by atoms with Crippen LogP contribution in [0, 0.1) is 12.7 Å². The summed E-state index contributed by atoms with van der Waals surface area (Å²) in [4.78, 5) is 12.2. The summed E-state index contributed by atoms with van der Waals surface area (Å²) in [7, 11) is -7.94. The minimum Gasteiger partial charge on any atom is -0.489 e. The van der Waals surface area contributed by atoms with Gasteiger partial charge in [0.1, 0.15) is 24.2 Å². The number of nitrogens with zero attached hydrogens (tertiary/aromatic N) is 2. The number of sulfonamides is 2. The molecule has 186 valence electrons. The predicted octanol–water partition coefficient (Wildman–Crippen LogP) is 1.24. The number of halogens is 1. The third kappa shape index (κ3) is 5.39. The van der Waals surface area contributed by atoms with Crippen LogP contribution in [0.4, 0.5) is 4.39 Å². The second-order valence-corrected chi connectivity index (χ2v) is 11.8. The molecule has 0 aromatic heterocycles. The first-order valence-electron chi connectivity index (χ1n) is 10.3. The van der Waals surface area contributed by atoms with Crippen LogP contribution in [0.15, 0.2) is 47.4 Å². The number of amides is 1. The summed E-state index contributed by atoms with van der Waals surface area (Å²) in [6.45, 7) is 2.86. The van der Waals surface area contributed by atoms with Gasteiger partial charge in [0, 0.05) is 19.1 Å². The highest BCUT2D eigenvalue weighted by atomic mass is 32.2. The minimum atomic E-state index is -4.23. The van der Waals surface area contributed by atoms with E-state index in [-0.39, 0.29) is 24.6 Å². The Bertz CT molecular complexity index is 1270. The quantitative estimate of drug-likeness (QED) is 0.419. The van der Waals surface area contributed by atoms with Crippen LogP contribution < -0.4 is 10.2 Å². The van der Waals surface area contributed by atoms with E-state index in [4.69, 9.17) is 9.94 Å². The Hall–Kier alpha value is -2.58. The molecule has 13 heteroatoms. The molecular formula is C21H26FN3O7S2. The van der Waals surface area contributed by atoms with Crippen molar-refractivity contribution in [1.82, 2.24) is 14.1 Å². The van der Waals surface area contributed by atoms with Gasteiger partial charge in [-0.2, -0.15) is 8.61 Å². The number of hydroxylamine groups is 1. The van der Waals surface area contributed by atoms with Gasteiger partial charge in [-0.1, -0.05) is 6.07 Å². The molecule has 0 spiro atoms. The van der Waals surface area contributed by atoms with E-state index in [0.29, 0.717) is 11.3 Å². The average molecular weight is 516 g/mol. The van der Waals surface area contributed by atoms with Crippen LogP contribution in [0.3, 0.4) is 0 Å². The van der Waals surface area contributed by atoms with Crippen LogP contribution in [-0.2, 0) is 31.4 Å². The molecule has 2 aromatic rings. The lowest BCUT2D eigenvalue weighted by molar-refractivity contribution is -0.135. The Morgan fingerprint density at radius 2 is 1.74 bits per heavy atom. The van der Waals surface area contributed by atoms with Crippen molar-refractivity contribution in [1.29, 1.82) is 0 Å². The van der Waals surface area contributed by atoms with Crippen molar-refractivity contribution in [2.45, 2.75) is 37.4 Å². The Labute approximate surface area is 198 Å². The van der Waals surface area contributed by atoms with E-state index in [2.05, 4.69) is 0 Å². The molecule has 10 nitrogen and oxygen atoms in total. The molecule has 34 heavy (non-hydrogen) atoms. The molecule has 1 amide bonds. The monoisotopic (exact) mass is 515 g/mol. The Balaban J connectivity index is 1.83. The lowest BCUT2D eigenvalue weighted by Gasteiger charge is -2.42. The van der Waals surface area contributed by atoms with Crippen molar-refractivity contribution in [2.75, 3.05) is 19.3 Å². The molecule has 1 aliphatic rings. The van der Waals surface area contributed by atoms with E-state index >= 15 is 0 Å². The van der Waals surface area contributed by atoms with Crippen molar-refractivity contribution >= 4 is 26.0 Å². The lowest BCUT2D eigenvalue weighted by Crippen LogP contribution is -2.65. The first kappa shape index (κ1) is 26.0. The van der Waals surface area contributed by atoms with E-state index in [1.165, 1.54) is 48.8 Å². The Morgan fingerprint density at radius 3 is 2.32 bits per heavy atom. The van der Waals surface area contributed by atoms with Crippen LogP contribution in [0.2, 0.25) is 0 Å². The molecule has 1 fully saturated rings. The van der Waals surface area contributed by atoms with Gasteiger partial charge in [-0.05, 0) is 61.4 Å². The fourth-order valence-electron chi connectivity index (χ4n) is 3.89. The molecule has 2 atom stereocenters. The molecule has 0 bridgehead atoms. The molecule has 3 rings (SSSR count). The van der Waals surface area contributed by atoms with E-state index < -0.39 is 43.9 Å². The minimum absolute atomic E-state index is 0.0827. The molecule has 1 heterocycles. The van der Waals surface area contributed by atoms with E-state index in [1.807, 2.05) is 6.92 Å². The van der Waals surface area contributed by atoms with Crippen molar-refractivity contribution in [3.63, 3.8) is 0 Å². The third-order valence-corrected chi connectivity index (χ3v) is 8.96. The summed E-state index contributed by atoms with van der Waals surface area (Å²) in [6.07, 6.45) is 0.964. The van der Waals surface area contributed by atoms with Crippen molar-refractivity contribution in [3.8, 4) is 5.75 Å². The molecule has 2 unspecified atom stereocenters.